The molecule has 2 aromatic carbocycles. The summed E-state index contributed by atoms with van der Waals surface area (Å²) in [5.41, 5.74) is 4.22. The number of hydrogen-bond acceptors (Lipinski definition) is 4. The van der Waals surface area contributed by atoms with Crippen molar-refractivity contribution >= 4 is 48.9 Å². The van der Waals surface area contributed by atoms with Gasteiger partial charge in [0, 0.05) is 22.4 Å². The summed E-state index contributed by atoms with van der Waals surface area (Å²) < 4.78 is 26.8. The second-order valence-corrected chi connectivity index (χ2v) is 9.32. The molecule has 27 heavy (non-hydrogen) atoms. The fraction of sp³-hybridized carbons (Fsp3) is 0.316. The first-order valence-corrected chi connectivity index (χ1v) is 11.3. The van der Waals surface area contributed by atoms with Crippen molar-refractivity contribution < 1.29 is 13.2 Å². The normalized spacial score (nSPS) is 13.8. The zero-order chi connectivity index (χ0) is 19.6. The van der Waals surface area contributed by atoms with Crippen LogP contribution in [0.1, 0.15) is 17.5 Å². The molecule has 0 saturated heterocycles. The van der Waals surface area contributed by atoms with Gasteiger partial charge < -0.3 is 10.2 Å². The molecule has 0 unspecified atom stereocenters. The number of benzene rings is 2. The van der Waals surface area contributed by atoms with Crippen LogP contribution in [-0.4, -0.2) is 33.7 Å². The maximum absolute atomic E-state index is 12.5. The van der Waals surface area contributed by atoms with Crippen molar-refractivity contribution in [1.29, 1.82) is 0 Å². The van der Waals surface area contributed by atoms with E-state index in [0.29, 0.717) is 5.69 Å². The lowest BCUT2D eigenvalue weighted by molar-refractivity contribution is -0.115. The summed E-state index contributed by atoms with van der Waals surface area (Å²) in [6, 6.07) is 11.2. The van der Waals surface area contributed by atoms with E-state index in [2.05, 4.69) is 26.0 Å². The Morgan fingerprint density at radius 3 is 2.74 bits per heavy atom. The van der Waals surface area contributed by atoms with E-state index in [1.54, 1.807) is 12.1 Å². The molecular formula is C19H22BrN3O3S. The van der Waals surface area contributed by atoms with Gasteiger partial charge in [0.15, 0.2) is 0 Å². The number of rotatable bonds is 5. The van der Waals surface area contributed by atoms with Crippen molar-refractivity contribution in [1.82, 2.24) is 0 Å². The highest BCUT2D eigenvalue weighted by Crippen LogP contribution is 2.33. The lowest BCUT2D eigenvalue weighted by Crippen LogP contribution is -2.37. The van der Waals surface area contributed by atoms with Gasteiger partial charge in [-0.2, -0.15) is 0 Å². The van der Waals surface area contributed by atoms with E-state index in [0.717, 1.165) is 52.6 Å². The van der Waals surface area contributed by atoms with E-state index in [9.17, 15) is 13.2 Å². The molecular weight excluding hydrogens is 430 g/mol. The Morgan fingerprint density at radius 2 is 2.04 bits per heavy atom. The van der Waals surface area contributed by atoms with E-state index >= 15 is 0 Å². The van der Waals surface area contributed by atoms with E-state index in [4.69, 9.17) is 0 Å². The maximum Gasteiger partial charge on any atom is 0.243 e. The van der Waals surface area contributed by atoms with Crippen LogP contribution in [0.5, 0.6) is 0 Å². The van der Waals surface area contributed by atoms with Crippen LogP contribution in [0.25, 0.3) is 0 Å². The summed E-state index contributed by atoms with van der Waals surface area (Å²) >= 11 is 3.45. The summed E-state index contributed by atoms with van der Waals surface area (Å²) in [5, 5.41) is 2.93. The number of aryl methyl sites for hydroxylation is 1. The molecule has 0 fully saturated rings. The van der Waals surface area contributed by atoms with Gasteiger partial charge in [0.25, 0.3) is 0 Å². The summed E-state index contributed by atoms with van der Waals surface area (Å²) in [4.78, 5) is 14.5. The third-order valence-corrected chi connectivity index (χ3v) is 5.90. The number of anilines is 3. The largest absolute Gasteiger partial charge is 0.362 e. The Morgan fingerprint density at radius 1 is 1.26 bits per heavy atom. The van der Waals surface area contributed by atoms with E-state index < -0.39 is 10.0 Å². The summed E-state index contributed by atoms with van der Waals surface area (Å²) in [7, 11) is -3.35. The van der Waals surface area contributed by atoms with Gasteiger partial charge in [-0.25, -0.2) is 8.42 Å². The predicted molar refractivity (Wildman–Crippen MR) is 113 cm³/mol. The lowest BCUT2D eigenvalue weighted by atomic mass is 10.00. The minimum atomic E-state index is -3.35. The molecule has 8 heteroatoms. The zero-order valence-corrected chi connectivity index (χ0v) is 17.7. The molecule has 2 aromatic rings. The van der Waals surface area contributed by atoms with Gasteiger partial charge in [0.05, 0.1) is 18.5 Å². The fourth-order valence-electron chi connectivity index (χ4n) is 3.26. The first-order chi connectivity index (χ1) is 12.7. The van der Waals surface area contributed by atoms with Crippen LogP contribution in [0, 0.1) is 6.92 Å². The summed E-state index contributed by atoms with van der Waals surface area (Å²) in [5.74, 6) is -0.106. The number of carbonyl (C=O) groups excluding carboxylic acids is 1. The third kappa shape index (κ3) is 5.01. The smallest absolute Gasteiger partial charge is 0.243 e. The zero-order valence-electron chi connectivity index (χ0n) is 15.3. The average Bonchev–Trinajstić information content (AvgIpc) is 2.58. The first kappa shape index (κ1) is 19.7. The Balaban J connectivity index is 1.76. The molecule has 2 N–H and O–H groups in total. The van der Waals surface area contributed by atoms with Gasteiger partial charge in [-0.3, -0.25) is 9.52 Å². The Labute approximate surface area is 168 Å². The van der Waals surface area contributed by atoms with Crippen molar-refractivity contribution in [2.24, 2.45) is 0 Å². The van der Waals surface area contributed by atoms with Crippen molar-refractivity contribution in [3.8, 4) is 0 Å². The number of nitrogens with zero attached hydrogens (tertiary/aromatic N) is 1. The van der Waals surface area contributed by atoms with Gasteiger partial charge in [-0.15, -0.1) is 0 Å². The predicted octanol–water partition coefficient (Wildman–Crippen LogP) is 3.52. The van der Waals surface area contributed by atoms with Gasteiger partial charge >= 0.3 is 0 Å². The molecule has 1 amide bonds. The topological polar surface area (TPSA) is 78.5 Å². The molecule has 6 nitrogen and oxygen atoms in total. The monoisotopic (exact) mass is 451 g/mol. The Kier molecular flexibility index (Phi) is 5.76. The molecule has 3 rings (SSSR count). The highest BCUT2D eigenvalue weighted by molar-refractivity contribution is 9.10. The molecule has 1 aliphatic rings. The number of amides is 1. The molecule has 0 spiro atoms. The number of carbonyl (C=O) groups is 1. The number of sulfonamides is 1. The molecule has 0 bridgehead atoms. The number of nitrogens with one attached hydrogen (secondary N) is 2. The highest BCUT2D eigenvalue weighted by Gasteiger charge is 2.22. The quantitative estimate of drug-likeness (QED) is 0.728. The van der Waals surface area contributed by atoms with Gasteiger partial charge in [0.2, 0.25) is 15.9 Å². The van der Waals surface area contributed by atoms with Crippen LogP contribution < -0.4 is 14.9 Å². The molecule has 0 aromatic heterocycles. The standard InChI is InChI=1S/C19H22BrN3O3S/c1-13-11-14(8-9-16(13)20)21-19(24)12-23-10-4-5-15-17(22-27(2,25)26)6-3-7-18(15)23/h3,6-9,11,22H,4-5,10,12H2,1-2H3,(H,21,24). The molecule has 0 atom stereocenters. The third-order valence-electron chi connectivity index (χ3n) is 4.42. The molecule has 1 heterocycles. The van der Waals surface area contributed by atoms with Gasteiger partial charge in [0.1, 0.15) is 0 Å². The maximum atomic E-state index is 12.5. The van der Waals surface area contributed by atoms with Crippen LogP contribution in [0.15, 0.2) is 40.9 Å². The van der Waals surface area contributed by atoms with Gasteiger partial charge in [-0.05, 0) is 61.2 Å². The Bertz CT molecular complexity index is 976. The van der Waals surface area contributed by atoms with Gasteiger partial charge in [-0.1, -0.05) is 22.0 Å². The minimum absolute atomic E-state index is 0.106. The van der Waals surface area contributed by atoms with Crippen molar-refractivity contribution in [2.45, 2.75) is 19.8 Å². The molecule has 144 valence electrons. The molecule has 0 radical (unpaired) electrons. The van der Waals surface area contributed by atoms with Crippen LogP contribution in [0.3, 0.4) is 0 Å². The van der Waals surface area contributed by atoms with Crippen LogP contribution in [0.4, 0.5) is 17.1 Å². The average molecular weight is 452 g/mol. The molecule has 1 aliphatic heterocycles. The minimum Gasteiger partial charge on any atom is -0.362 e. The number of fused-ring (bicyclic) bond motifs is 1. The molecule has 0 saturated carbocycles. The van der Waals surface area contributed by atoms with Crippen molar-refractivity contribution in [3.63, 3.8) is 0 Å². The number of halogens is 1. The van der Waals surface area contributed by atoms with Crippen LogP contribution >= 0.6 is 15.9 Å². The highest BCUT2D eigenvalue weighted by atomic mass is 79.9. The SMILES string of the molecule is Cc1cc(NC(=O)CN2CCCc3c(NS(C)(=O)=O)cccc32)ccc1Br. The van der Waals surface area contributed by atoms with Crippen LogP contribution in [0.2, 0.25) is 0 Å². The second kappa shape index (κ2) is 7.90. The van der Waals surface area contributed by atoms with E-state index in [-0.39, 0.29) is 12.5 Å². The fourth-order valence-corrected chi connectivity index (χ4v) is 4.09. The summed E-state index contributed by atoms with van der Waals surface area (Å²) in [6.45, 7) is 2.93. The number of hydrogen-bond donors (Lipinski definition) is 2. The second-order valence-electron chi connectivity index (χ2n) is 6.71. The Hall–Kier alpha value is -2.06. The lowest BCUT2D eigenvalue weighted by Gasteiger charge is -2.32. The van der Waals surface area contributed by atoms with Crippen LogP contribution in [-0.2, 0) is 21.2 Å². The summed E-state index contributed by atoms with van der Waals surface area (Å²) in [6.07, 6.45) is 2.78. The molecule has 0 aliphatic carbocycles. The first-order valence-electron chi connectivity index (χ1n) is 8.63. The van der Waals surface area contributed by atoms with Crippen molar-refractivity contribution in [2.75, 3.05) is 34.3 Å². The van der Waals surface area contributed by atoms with E-state index in [1.165, 1.54) is 0 Å². The van der Waals surface area contributed by atoms with Crippen molar-refractivity contribution in [3.05, 3.63) is 52.0 Å². The van der Waals surface area contributed by atoms with E-state index in [1.807, 2.05) is 36.1 Å².